The van der Waals surface area contributed by atoms with Crippen LogP contribution in [0, 0.1) is 13.8 Å². The van der Waals surface area contributed by atoms with E-state index in [0.717, 1.165) is 30.2 Å². The van der Waals surface area contributed by atoms with Crippen molar-refractivity contribution in [2.45, 2.75) is 32.7 Å². The molecule has 20 heavy (non-hydrogen) atoms. The number of furan rings is 1. The summed E-state index contributed by atoms with van der Waals surface area (Å²) in [7, 11) is 0. The zero-order valence-corrected chi connectivity index (χ0v) is 12.2. The van der Waals surface area contributed by atoms with Crippen LogP contribution < -0.4 is 10.6 Å². The molecule has 1 saturated heterocycles. The fraction of sp³-hybridized carbons (Fsp3) is 0.412. The van der Waals surface area contributed by atoms with Crippen LogP contribution in [0.2, 0.25) is 0 Å². The SMILES string of the molecule is Cc1ccc(C(N)c2ccc(C)o2)c(N2CCCC2)c1. The highest BCUT2D eigenvalue weighted by Crippen LogP contribution is 2.32. The van der Waals surface area contributed by atoms with Gasteiger partial charge in [-0.25, -0.2) is 0 Å². The van der Waals surface area contributed by atoms with Crippen molar-refractivity contribution in [3.8, 4) is 0 Å². The van der Waals surface area contributed by atoms with Gasteiger partial charge in [0.05, 0.1) is 6.04 Å². The van der Waals surface area contributed by atoms with E-state index in [-0.39, 0.29) is 6.04 Å². The van der Waals surface area contributed by atoms with Gasteiger partial charge in [-0.3, -0.25) is 0 Å². The van der Waals surface area contributed by atoms with Crippen LogP contribution in [0.4, 0.5) is 5.69 Å². The summed E-state index contributed by atoms with van der Waals surface area (Å²) in [5.41, 5.74) is 10.1. The number of benzene rings is 1. The summed E-state index contributed by atoms with van der Waals surface area (Å²) in [4.78, 5) is 2.44. The number of hydrogen-bond acceptors (Lipinski definition) is 3. The number of hydrogen-bond donors (Lipinski definition) is 1. The normalized spacial score (nSPS) is 16.6. The number of anilines is 1. The van der Waals surface area contributed by atoms with Crippen LogP contribution in [-0.2, 0) is 0 Å². The summed E-state index contributed by atoms with van der Waals surface area (Å²) < 4.78 is 5.70. The van der Waals surface area contributed by atoms with Gasteiger partial charge in [0.2, 0.25) is 0 Å². The Morgan fingerprint density at radius 1 is 1.10 bits per heavy atom. The summed E-state index contributed by atoms with van der Waals surface area (Å²) in [6, 6.07) is 10.3. The van der Waals surface area contributed by atoms with E-state index in [1.807, 2.05) is 19.1 Å². The topological polar surface area (TPSA) is 42.4 Å². The Hall–Kier alpha value is -1.74. The Bertz CT molecular complexity index is 597. The van der Waals surface area contributed by atoms with Crippen molar-refractivity contribution < 1.29 is 4.42 Å². The van der Waals surface area contributed by atoms with Crippen molar-refractivity contribution in [1.82, 2.24) is 0 Å². The molecule has 1 aliphatic heterocycles. The van der Waals surface area contributed by atoms with E-state index < -0.39 is 0 Å². The third kappa shape index (κ3) is 2.46. The largest absolute Gasteiger partial charge is 0.464 e. The predicted octanol–water partition coefficient (Wildman–Crippen LogP) is 3.54. The van der Waals surface area contributed by atoms with Gasteiger partial charge >= 0.3 is 0 Å². The molecule has 0 aliphatic carbocycles. The summed E-state index contributed by atoms with van der Waals surface area (Å²) in [6.45, 7) is 6.33. The van der Waals surface area contributed by atoms with Crippen LogP contribution in [0.15, 0.2) is 34.7 Å². The molecule has 2 aromatic rings. The van der Waals surface area contributed by atoms with Crippen LogP contribution in [-0.4, -0.2) is 13.1 Å². The van der Waals surface area contributed by atoms with Gasteiger partial charge in [0.1, 0.15) is 11.5 Å². The molecule has 1 unspecified atom stereocenters. The molecule has 3 heteroatoms. The molecule has 1 aliphatic rings. The molecule has 0 saturated carbocycles. The van der Waals surface area contributed by atoms with Crippen LogP contribution in [0.3, 0.4) is 0 Å². The van der Waals surface area contributed by atoms with Crippen molar-refractivity contribution in [3.05, 3.63) is 53.0 Å². The lowest BCUT2D eigenvalue weighted by Crippen LogP contribution is -2.22. The maximum atomic E-state index is 6.43. The van der Waals surface area contributed by atoms with Gasteiger partial charge in [-0.15, -0.1) is 0 Å². The third-order valence-electron chi connectivity index (χ3n) is 4.04. The average molecular weight is 270 g/mol. The van der Waals surface area contributed by atoms with Crippen molar-refractivity contribution in [2.75, 3.05) is 18.0 Å². The maximum Gasteiger partial charge on any atom is 0.125 e. The molecule has 3 rings (SSSR count). The molecular weight excluding hydrogens is 248 g/mol. The minimum atomic E-state index is -0.195. The standard InChI is InChI=1S/C17H22N2O/c1-12-5-7-14(15(11-12)19-9-3-4-10-19)17(18)16-8-6-13(2)20-16/h5-8,11,17H,3-4,9-10,18H2,1-2H3. The Balaban J connectivity index is 1.99. The Morgan fingerprint density at radius 3 is 2.50 bits per heavy atom. The van der Waals surface area contributed by atoms with Crippen molar-refractivity contribution in [3.63, 3.8) is 0 Å². The van der Waals surface area contributed by atoms with Gasteiger partial charge in [0.25, 0.3) is 0 Å². The molecule has 3 nitrogen and oxygen atoms in total. The van der Waals surface area contributed by atoms with E-state index in [9.17, 15) is 0 Å². The van der Waals surface area contributed by atoms with Gasteiger partial charge in [0.15, 0.2) is 0 Å². The molecular formula is C17H22N2O. The molecule has 1 fully saturated rings. The first-order valence-corrected chi connectivity index (χ1v) is 7.32. The van der Waals surface area contributed by atoms with E-state index in [4.69, 9.17) is 10.2 Å². The zero-order valence-electron chi connectivity index (χ0n) is 12.2. The monoisotopic (exact) mass is 270 g/mol. The molecule has 2 N–H and O–H groups in total. The molecule has 0 spiro atoms. The van der Waals surface area contributed by atoms with E-state index in [1.54, 1.807) is 0 Å². The van der Waals surface area contributed by atoms with Gasteiger partial charge < -0.3 is 15.1 Å². The quantitative estimate of drug-likeness (QED) is 0.927. The number of nitrogens with zero attached hydrogens (tertiary/aromatic N) is 1. The second-order valence-corrected chi connectivity index (χ2v) is 5.68. The van der Waals surface area contributed by atoms with E-state index in [1.165, 1.54) is 24.1 Å². The molecule has 0 amide bonds. The zero-order chi connectivity index (χ0) is 14.1. The van der Waals surface area contributed by atoms with Crippen LogP contribution >= 0.6 is 0 Å². The Kier molecular flexibility index (Phi) is 3.53. The molecule has 0 bridgehead atoms. The fourth-order valence-electron chi connectivity index (χ4n) is 2.92. The molecule has 1 atom stereocenters. The first-order valence-electron chi connectivity index (χ1n) is 7.32. The number of rotatable bonds is 3. The lowest BCUT2D eigenvalue weighted by Gasteiger charge is -2.24. The summed E-state index contributed by atoms with van der Waals surface area (Å²) in [6.07, 6.45) is 2.53. The second-order valence-electron chi connectivity index (χ2n) is 5.68. The first-order chi connectivity index (χ1) is 9.65. The second kappa shape index (κ2) is 5.33. The molecule has 2 heterocycles. The minimum absolute atomic E-state index is 0.195. The fourth-order valence-corrected chi connectivity index (χ4v) is 2.92. The van der Waals surface area contributed by atoms with Crippen molar-refractivity contribution in [2.24, 2.45) is 5.73 Å². The highest BCUT2D eigenvalue weighted by molar-refractivity contribution is 5.58. The smallest absolute Gasteiger partial charge is 0.125 e. The Labute approximate surface area is 120 Å². The maximum absolute atomic E-state index is 6.43. The van der Waals surface area contributed by atoms with Crippen LogP contribution in [0.25, 0.3) is 0 Å². The number of aryl methyl sites for hydroxylation is 2. The first kappa shape index (κ1) is 13.3. The average Bonchev–Trinajstić information content (AvgIpc) is 3.09. The van der Waals surface area contributed by atoms with E-state index >= 15 is 0 Å². The number of nitrogens with two attached hydrogens (primary N) is 1. The predicted molar refractivity (Wildman–Crippen MR) is 82.1 cm³/mol. The molecule has 106 valence electrons. The van der Waals surface area contributed by atoms with Crippen LogP contribution in [0.5, 0.6) is 0 Å². The lowest BCUT2D eigenvalue weighted by atomic mass is 10.0. The Morgan fingerprint density at radius 2 is 1.85 bits per heavy atom. The minimum Gasteiger partial charge on any atom is -0.464 e. The van der Waals surface area contributed by atoms with Gasteiger partial charge in [0, 0.05) is 18.8 Å². The van der Waals surface area contributed by atoms with Gasteiger partial charge in [-0.1, -0.05) is 12.1 Å². The summed E-state index contributed by atoms with van der Waals surface area (Å²) >= 11 is 0. The molecule has 0 radical (unpaired) electrons. The highest BCUT2D eigenvalue weighted by atomic mass is 16.3. The molecule has 1 aromatic carbocycles. The summed E-state index contributed by atoms with van der Waals surface area (Å²) in [5.74, 6) is 1.75. The highest BCUT2D eigenvalue weighted by Gasteiger charge is 2.21. The summed E-state index contributed by atoms with van der Waals surface area (Å²) in [5, 5.41) is 0. The molecule has 1 aromatic heterocycles. The lowest BCUT2D eigenvalue weighted by molar-refractivity contribution is 0.466. The third-order valence-corrected chi connectivity index (χ3v) is 4.04. The van der Waals surface area contributed by atoms with E-state index in [0.29, 0.717) is 0 Å². The van der Waals surface area contributed by atoms with Gasteiger partial charge in [-0.2, -0.15) is 0 Å². The van der Waals surface area contributed by atoms with Crippen molar-refractivity contribution >= 4 is 5.69 Å². The van der Waals surface area contributed by atoms with Crippen molar-refractivity contribution in [1.29, 1.82) is 0 Å². The van der Waals surface area contributed by atoms with Crippen LogP contribution in [0.1, 0.15) is 41.5 Å². The van der Waals surface area contributed by atoms with Gasteiger partial charge in [-0.05, 0) is 56.0 Å². The van der Waals surface area contributed by atoms with E-state index in [2.05, 4.69) is 30.0 Å².